The number of hydrogen-bond donors (Lipinski definition) is 1. The molecular formula is C9H16N6O. The molecule has 1 unspecified atom stereocenters. The molecule has 0 aromatic carbocycles. The lowest BCUT2D eigenvalue weighted by Crippen LogP contribution is -2.43. The van der Waals surface area contributed by atoms with Crippen molar-refractivity contribution >= 4 is 5.91 Å². The van der Waals surface area contributed by atoms with E-state index < -0.39 is 0 Å². The van der Waals surface area contributed by atoms with Crippen LogP contribution in [-0.4, -0.2) is 50.6 Å². The van der Waals surface area contributed by atoms with Crippen molar-refractivity contribution in [1.29, 1.82) is 0 Å². The van der Waals surface area contributed by atoms with Crippen molar-refractivity contribution in [2.24, 2.45) is 11.7 Å². The van der Waals surface area contributed by atoms with Crippen LogP contribution in [0, 0.1) is 5.92 Å². The van der Waals surface area contributed by atoms with Crippen molar-refractivity contribution in [3.8, 4) is 0 Å². The molecule has 2 rings (SSSR count). The number of nitrogens with two attached hydrogens (primary N) is 1. The zero-order valence-corrected chi connectivity index (χ0v) is 9.12. The average Bonchev–Trinajstić information content (AvgIpc) is 2.82. The van der Waals surface area contributed by atoms with Crippen LogP contribution in [0.2, 0.25) is 0 Å². The second-order valence-corrected chi connectivity index (χ2v) is 4.09. The molecule has 16 heavy (non-hydrogen) atoms. The number of piperidine rings is 1. The Labute approximate surface area is 93.6 Å². The largest absolute Gasteiger partial charge is 0.341 e. The topological polar surface area (TPSA) is 89.9 Å². The van der Waals surface area contributed by atoms with Crippen LogP contribution in [0.4, 0.5) is 0 Å². The maximum absolute atomic E-state index is 11.9. The predicted molar refractivity (Wildman–Crippen MR) is 56.2 cm³/mol. The highest BCUT2D eigenvalue weighted by molar-refractivity contribution is 5.75. The third-order valence-corrected chi connectivity index (χ3v) is 2.89. The number of amides is 1. The van der Waals surface area contributed by atoms with Gasteiger partial charge in [0.05, 0.1) is 0 Å². The van der Waals surface area contributed by atoms with Crippen LogP contribution in [-0.2, 0) is 11.3 Å². The summed E-state index contributed by atoms with van der Waals surface area (Å²) in [4.78, 5) is 13.7. The van der Waals surface area contributed by atoms with Crippen LogP contribution in [0.3, 0.4) is 0 Å². The highest BCUT2D eigenvalue weighted by Crippen LogP contribution is 2.15. The lowest BCUT2D eigenvalue weighted by atomic mass is 9.98. The number of carbonyl (C=O) groups is 1. The molecule has 1 saturated heterocycles. The van der Waals surface area contributed by atoms with Gasteiger partial charge in [0.25, 0.3) is 0 Å². The molecule has 88 valence electrons. The van der Waals surface area contributed by atoms with Crippen molar-refractivity contribution in [1.82, 2.24) is 25.1 Å². The minimum Gasteiger partial charge on any atom is -0.341 e. The van der Waals surface area contributed by atoms with E-state index in [0.717, 1.165) is 25.9 Å². The molecule has 0 radical (unpaired) electrons. The van der Waals surface area contributed by atoms with Gasteiger partial charge in [-0.1, -0.05) is 0 Å². The van der Waals surface area contributed by atoms with Gasteiger partial charge in [-0.25, -0.2) is 4.68 Å². The fraction of sp³-hybridized carbons (Fsp3) is 0.778. The molecule has 7 nitrogen and oxygen atoms in total. The minimum atomic E-state index is 0.0606. The first-order valence-corrected chi connectivity index (χ1v) is 5.48. The molecule has 1 aromatic heterocycles. The van der Waals surface area contributed by atoms with Crippen LogP contribution in [0.15, 0.2) is 6.33 Å². The van der Waals surface area contributed by atoms with Crippen LogP contribution in [0.25, 0.3) is 0 Å². The molecule has 2 heterocycles. The Morgan fingerprint density at radius 1 is 1.56 bits per heavy atom. The third-order valence-electron chi connectivity index (χ3n) is 2.89. The summed E-state index contributed by atoms with van der Waals surface area (Å²) in [7, 11) is 0. The van der Waals surface area contributed by atoms with E-state index >= 15 is 0 Å². The number of nitrogens with zero attached hydrogens (tertiary/aromatic N) is 5. The van der Waals surface area contributed by atoms with Gasteiger partial charge < -0.3 is 10.6 Å². The highest BCUT2D eigenvalue weighted by Gasteiger charge is 2.22. The van der Waals surface area contributed by atoms with Crippen molar-refractivity contribution in [2.75, 3.05) is 19.6 Å². The maximum atomic E-state index is 11.9. The minimum absolute atomic E-state index is 0.0606. The maximum Gasteiger partial charge on any atom is 0.244 e. The Kier molecular flexibility index (Phi) is 3.45. The van der Waals surface area contributed by atoms with Gasteiger partial charge in [-0.05, 0) is 35.7 Å². The van der Waals surface area contributed by atoms with Crippen molar-refractivity contribution in [3.63, 3.8) is 0 Å². The van der Waals surface area contributed by atoms with Crippen molar-refractivity contribution in [2.45, 2.75) is 19.4 Å². The van der Waals surface area contributed by atoms with E-state index in [1.807, 2.05) is 4.90 Å². The molecule has 1 aromatic rings. The number of likely N-dealkylation sites (tertiary alicyclic amines) is 1. The summed E-state index contributed by atoms with van der Waals surface area (Å²) in [6.45, 7) is 2.44. The van der Waals surface area contributed by atoms with Crippen molar-refractivity contribution in [3.05, 3.63) is 6.33 Å². The van der Waals surface area contributed by atoms with E-state index in [-0.39, 0.29) is 12.5 Å². The van der Waals surface area contributed by atoms with Gasteiger partial charge in [-0.3, -0.25) is 4.79 Å². The Hall–Kier alpha value is -1.50. The number of tetrazole rings is 1. The molecule has 0 aliphatic carbocycles. The SMILES string of the molecule is NCC1CCCN(C(=O)Cn2cnnn2)C1. The highest BCUT2D eigenvalue weighted by atomic mass is 16.2. The van der Waals surface area contributed by atoms with Gasteiger partial charge in [0, 0.05) is 13.1 Å². The summed E-state index contributed by atoms with van der Waals surface area (Å²) in [5.41, 5.74) is 5.63. The quantitative estimate of drug-likeness (QED) is 0.701. The first-order valence-electron chi connectivity index (χ1n) is 5.48. The monoisotopic (exact) mass is 224 g/mol. The van der Waals surface area contributed by atoms with Gasteiger partial charge >= 0.3 is 0 Å². The summed E-state index contributed by atoms with van der Waals surface area (Å²) in [6.07, 6.45) is 3.59. The molecule has 1 amide bonds. The summed E-state index contributed by atoms with van der Waals surface area (Å²) < 4.78 is 1.44. The fourth-order valence-electron chi connectivity index (χ4n) is 1.98. The Balaban J connectivity index is 1.89. The lowest BCUT2D eigenvalue weighted by molar-refractivity contribution is -0.133. The summed E-state index contributed by atoms with van der Waals surface area (Å²) in [6, 6.07) is 0. The Bertz CT molecular complexity index is 338. The number of hydrogen-bond acceptors (Lipinski definition) is 5. The summed E-state index contributed by atoms with van der Waals surface area (Å²) in [5.74, 6) is 0.497. The zero-order valence-electron chi connectivity index (χ0n) is 9.12. The number of rotatable bonds is 3. The third kappa shape index (κ3) is 2.54. The standard InChI is InChI=1S/C9H16N6O/c10-4-8-2-1-3-14(5-8)9(16)6-15-7-11-12-13-15/h7-8H,1-6,10H2. The van der Waals surface area contributed by atoms with E-state index in [2.05, 4.69) is 15.5 Å². The first kappa shape index (κ1) is 11.0. The second-order valence-electron chi connectivity index (χ2n) is 4.09. The average molecular weight is 224 g/mol. The van der Waals surface area contributed by atoms with Gasteiger partial charge in [-0.15, -0.1) is 5.10 Å². The van der Waals surface area contributed by atoms with Gasteiger partial charge in [0.15, 0.2) is 0 Å². The molecule has 2 N–H and O–H groups in total. The molecule has 1 aliphatic heterocycles. The normalized spacial score (nSPS) is 21.1. The van der Waals surface area contributed by atoms with Crippen LogP contribution in [0.5, 0.6) is 0 Å². The molecule has 1 fully saturated rings. The Morgan fingerprint density at radius 3 is 3.12 bits per heavy atom. The fourth-order valence-corrected chi connectivity index (χ4v) is 1.98. The molecule has 7 heteroatoms. The van der Waals surface area contributed by atoms with E-state index in [1.54, 1.807) is 0 Å². The lowest BCUT2D eigenvalue weighted by Gasteiger charge is -2.32. The van der Waals surface area contributed by atoms with Gasteiger partial charge in [0.2, 0.25) is 5.91 Å². The zero-order chi connectivity index (χ0) is 11.4. The molecule has 0 saturated carbocycles. The molecule has 0 bridgehead atoms. The second kappa shape index (κ2) is 5.02. The molecule has 0 spiro atoms. The van der Waals surface area contributed by atoms with Crippen LogP contribution >= 0.6 is 0 Å². The summed E-state index contributed by atoms with van der Waals surface area (Å²) in [5, 5.41) is 10.7. The number of aromatic nitrogens is 4. The summed E-state index contributed by atoms with van der Waals surface area (Å²) >= 11 is 0. The van der Waals surface area contributed by atoms with Crippen LogP contribution < -0.4 is 5.73 Å². The number of carbonyl (C=O) groups excluding carboxylic acids is 1. The van der Waals surface area contributed by atoms with Gasteiger partial charge in [-0.2, -0.15) is 0 Å². The molecular weight excluding hydrogens is 208 g/mol. The first-order chi connectivity index (χ1) is 7.79. The van der Waals surface area contributed by atoms with Crippen LogP contribution in [0.1, 0.15) is 12.8 Å². The van der Waals surface area contributed by atoms with E-state index in [0.29, 0.717) is 12.5 Å². The Morgan fingerprint density at radius 2 is 2.44 bits per heavy atom. The molecule has 1 aliphatic rings. The van der Waals surface area contributed by atoms with Gasteiger partial charge in [0.1, 0.15) is 12.9 Å². The molecule has 1 atom stereocenters. The van der Waals surface area contributed by atoms with E-state index in [1.165, 1.54) is 11.0 Å². The van der Waals surface area contributed by atoms with E-state index in [9.17, 15) is 4.79 Å². The predicted octanol–water partition coefficient (Wildman–Crippen LogP) is -1.13. The smallest absolute Gasteiger partial charge is 0.244 e. The van der Waals surface area contributed by atoms with E-state index in [4.69, 9.17) is 5.73 Å². The van der Waals surface area contributed by atoms with Crippen molar-refractivity contribution < 1.29 is 4.79 Å².